The fourth-order valence-corrected chi connectivity index (χ4v) is 2.84. The molecule has 0 aliphatic rings. The van der Waals surface area contributed by atoms with E-state index in [1.165, 1.54) is 18.2 Å². The zero-order valence-corrected chi connectivity index (χ0v) is 16.3. The summed E-state index contributed by atoms with van der Waals surface area (Å²) in [6, 6.07) is 17.9. The highest BCUT2D eigenvalue weighted by molar-refractivity contribution is 5.87. The van der Waals surface area contributed by atoms with Crippen LogP contribution in [0.25, 0.3) is 22.6 Å². The number of furan rings is 1. The minimum absolute atomic E-state index is 0.00301. The summed E-state index contributed by atoms with van der Waals surface area (Å²) in [5.74, 6) is 0.830. The van der Waals surface area contributed by atoms with E-state index < -0.39 is 10.9 Å². The number of carbonyl (C=O) groups excluding carboxylic acids is 1. The van der Waals surface area contributed by atoms with Gasteiger partial charge in [-0.3, -0.25) is 10.1 Å². The third-order valence-corrected chi connectivity index (χ3v) is 4.46. The van der Waals surface area contributed by atoms with Gasteiger partial charge in [0.25, 0.3) is 5.69 Å². The van der Waals surface area contributed by atoms with Crippen molar-refractivity contribution in [1.82, 2.24) is 5.16 Å². The molecule has 0 saturated carbocycles. The topological polar surface area (TPSA) is 118 Å². The number of hydrogen-bond donors (Lipinski definition) is 0. The van der Waals surface area contributed by atoms with Gasteiger partial charge in [0.2, 0.25) is 5.76 Å². The Balaban J connectivity index is 1.38. The quantitative estimate of drug-likeness (QED) is 0.236. The molecule has 31 heavy (non-hydrogen) atoms. The first-order valence-corrected chi connectivity index (χ1v) is 9.15. The SMILES string of the molecule is COc1ccc(-c2cc(COC(=O)c3ccc(-c4ccc([N+](=O)[O-])cc4)o3)on2)cc1. The molecule has 9 nitrogen and oxygen atoms in total. The molecular formula is C22H16N2O7. The Kier molecular flexibility index (Phi) is 5.48. The number of ether oxygens (including phenoxy) is 2. The zero-order valence-electron chi connectivity index (χ0n) is 16.3. The van der Waals surface area contributed by atoms with Crippen LogP contribution in [0.3, 0.4) is 0 Å². The maximum Gasteiger partial charge on any atom is 0.374 e. The van der Waals surface area contributed by atoms with E-state index in [0.29, 0.717) is 22.8 Å². The van der Waals surface area contributed by atoms with Crippen molar-refractivity contribution in [2.45, 2.75) is 6.61 Å². The summed E-state index contributed by atoms with van der Waals surface area (Å²) in [4.78, 5) is 22.5. The number of non-ortho nitro benzene ring substituents is 1. The average Bonchev–Trinajstić information content (AvgIpc) is 3.48. The molecule has 2 aromatic heterocycles. The smallest absolute Gasteiger partial charge is 0.374 e. The normalized spacial score (nSPS) is 10.6. The van der Waals surface area contributed by atoms with Gasteiger partial charge in [-0.1, -0.05) is 5.16 Å². The number of esters is 1. The van der Waals surface area contributed by atoms with Crippen molar-refractivity contribution < 1.29 is 28.1 Å². The Labute approximate surface area is 175 Å². The van der Waals surface area contributed by atoms with Crippen LogP contribution in [0.15, 0.2) is 75.7 Å². The number of nitro benzene ring substituents is 1. The van der Waals surface area contributed by atoms with Crippen molar-refractivity contribution in [3.63, 3.8) is 0 Å². The van der Waals surface area contributed by atoms with Crippen LogP contribution in [0, 0.1) is 10.1 Å². The summed E-state index contributed by atoms with van der Waals surface area (Å²) in [6.07, 6.45) is 0. The number of aromatic nitrogens is 1. The van der Waals surface area contributed by atoms with Crippen LogP contribution >= 0.6 is 0 Å². The van der Waals surface area contributed by atoms with E-state index >= 15 is 0 Å². The van der Waals surface area contributed by atoms with Gasteiger partial charge >= 0.3 is 5.97 Å². The van der Waals surface area contributed by atoms with Gasteiger partial charge in [-0.05, 0) is 48.5 Å². The van der Waals surface area contributed by atoms with Crippen LogP contribution in [0.5, 0.6) is 5.75 Å². The Hall–Kier alpha value is -4.40. The predicted molar refractivity (Wildman–Crippen MR) is 108 cm³/mol. The summed E-state index contributed by atoms with van der Waals surface area (Å²) >= 11 is 0. The van der Waals surface area contributed by atoms with Crippen molar-refractivity contribution in [2.75, 3.05) is 7.11 Å². The number of carbonyl (C=O) groups is 1. The van der Waals surface area contributed by atoms with Gasteiger partial charge in [-0.25, -0.2) is 4.79 Å². The minimum atomic E-state index is -0.671. The lowest BCUT2D eigenvalue weighted by Gasteiger charge is -2.00. The zero-order chi connectivity index (χ0) is 21.8. The van der Waals surface area contributed by atoms with Crippen LogP contribution in [-0.2, 0) is 11.3 Å². The molecular weight excluding hydrogens is 404 g/mol. The predicted octanol–water partition coefficient (Wildman–Crippen LogP) is 4.88. The van der Waals surface area contributed by atoms with Crippen molar-refractivity contribution >= 4 is 11.7 Å². The van der Waals surface area contributed by atoms with E-state index in [9.17, 15) is 14.9 Å². The van der Waals surface area contributed by atoms with E-state index in [-0.39, 0.29) is 18.1 Å². The second-order valence-corrected chi connectivity index (χ2v) is 6.45. The number of rotatable bonds is 7. The number of nitro groups is 1. The van der Waals surface area contributed by atoms with Crippen LogP contribution in [0.1, 0.15) is 16.3 Å². The van der Waals surface area contributed by atoms with Crippen molar-refractivity contribution in [1.29, 1.82) is 0 Å². The molecule has 2 aromatic carbocycles. The summed E-state index contributed by atoms with van der Waals surface area (Å²) < 4.78 is 21.1. The summed E-state index contributed by atoms with van der Waals surface area (Å²) in [6.45, 7) is -0.116. The largest absolute Gasteiger partial charge is 0.497 e. The highest BCUT2D eigenvalue weighted by Gasteiger charge is 2.16. The molecule has 9 heteroatoms. The molecule has 0 N–H and O–H groups in total. The molecule has 4 rings (SSSR count). The highest BCUT2D eigenvalue weighted by Crippen LogP contribution is 2.26. The number of benzene rings is 2. The molecule has 0 spiro atoms. The monoisotopic (exact) mass is 420 g/mol. The molecule has 0 unspecified atom stereocenters. The van der Waals surface area contributed by atoms with Gasteiger partial charge in [-0.2, -0.15) is 0 Å². The molecule has 0 aliphatic carbocycles. The van der Waals surface area contributed by atoms with Gasteiger partial charge in [-0.15, -0.1) is 0 Å². The van der Waals surface area contributed by atoms with Gasteiger partial charge < -0.3 is 18.4 Å². The van der Waals surface area contributed by atoms with Crippen molar-refractivity contribution in [2.24, 2.45) is 0 Å². The maximum absolute atomic E-state index is 12.3. The molecule has 0 radical (unpaired) electrons. The molecule has 0 atom stereocenters. The fourth-order valence-electron chi connectivity index (χ4n) is 2.84. The fraction of sp³-hybridized carbons (Fsp3) is 0.0909. The highest BCUT2D eigenvalue weighted by atomic mass is 16.6. The lowest BCUT2D eigenvalue weighted by Crippen LogP contribution is -2.03. The van der Waals surface area contributed by atoms with Gasteiger partial charge in [0.1, 0.15) is 17.2 Å². The third kappa shape index (κ3) is 4.45. The average molecular weight is 420 g/mol. The van der Waals surface area contributed by atoms with Gasteiger partial charge in [0, 0.05) is 29.3 Å². The first-order chi connectivity index (χ1) is 15.0. The van der Waals surface area contributed by atoms with Gasteiger partial charge in [0.15, 0.2) is 12.4 Å². The van der Waals surface area contributed by atoms with Gasteiger partial charge in [0.05, 0.1) is 12.0 Å². The number of nitrogens with zero attached hydrogens (tertiary/aromatic N) is 2. The third-order valence-electron chi connectivity index (χ3n) is 4.46. The Bertz CT molecular complexity index is 1210. The summed E-state index contributed by atoms with van der Waals surface area (Å²) in [5, 5.41) is 14.7. The number of methoxy groups -OCH3 is 1. The Morgan fingerprint density at radius 1 is 1.03 bits per heavy atom. The lowest BCUT2D eigenvalue weighted by atomic mass is 10.1. The van der Waals surface area contributed by atoms with Crippen LogP contribution in [-0.4, -0.2) is 23.2 Å². The Morgan fingerprint density at radius 2 is 1.74 bits per heavy atom. The summed E-state index contributed by atoms with van der Waals surface area (Å²) in [5.41, 5.74) is 2.01. The van der Waals surface area contributed by atoms with Crippen LogP contribution in [0.2, 0.25) is 0 Å². The van der Waals surface area contributed by atoms with E-state index in [1.54, 1.807) is 31.4 Å². The molecule has 4 aromatic rings. The first kappa shape index (κ1) is 19.9. The molecule has 156 valence electrons. The molecule has 0 bridgehead atoms. The molecule has 0 saturated heterocycles. The molecule has 2 heterocycles. The van der Waals surface area contributed by atoms with E-state index in [2.05, 4.69) is 5.16 Å². The van der Waals surface area contributed by atoms with Crippen molar-refractivity contribution in [3.05, 3.63) is 88.4 Å². The lowest BCUT2D eigenvalue weighted by molar-refractivity contribution is -0.384. The second-order valence-electron chi connectivity index (χ2n) is 6.45. The van der Waals surface area contributed by atoms with E-state index in [0.717, 1.165) is 11.3 Å². The van der Waals surface area contributed by atoms with E-state index in [1.807, 2.05) is 24.3 Å². The number of hydrogen-bond acceptors (Lipinski definition) is 8. The standard InChI is InChI=1S/C22H16N2O7/c1-28-17-8-4-14(5-9-17)19-12-18(31-23-19)13-29-22(25)21-11-10-20(30-21)15-2-6-16(7-3-15)24(26)27/h2-12H,13H2,1H3. The molecule has 0 fully saturated rings. The molecule has 0 aliphatic heterocycles. The second kappa shape index (κ2) is 8.54. The van der Waals surface area contributed by atoms with E-state index in [4.69, 9.17) is 18.4 Å². The summed E-state index contributed by atoms with van der Waals surface area (Å²) in [7, 11) is 1.59. The first-order valence-electron chi connectivity index (χ1n) is 9.15. The van der Waals surface area contributed by atoms with Crippen LogP contribution in [0.4, 0.5) is 5.69 Å². The minimum Gasteiger partial charge on any atom is -0.497 e. The van der Waals surface area contributed by atoms with Crippen molar-refractivity contribution in [3.8, 4) is 28.3 Å². The Morgan fingerprint density at radius 3 is 2.42 bits per heavy atom. The maximum atomic E-state index is 12.3. The molecule has 0 amide bonds. The van der Waals surface area contributed by atoms with Crippen LogP contribution < -0.4 is 4.74 Å².